The molecule has 0 saturated carbocycles. The molecule has 0 spiro atoms. The summed E-state index contributed by atoms with van der Waals surface area (Å²) in [7, 11) is -6.72. The van der Waals surface area contributed by atoms with Gasteiger partial charge in [0.15, 0.2) is 6.10 Å². The van der Waals surface area contributed by atoms with Gasteiger partial charge >= 0.3 is 12.1 Å². The highest BCUT2D eigenvalue weighted by molar-refractivity contribution is 7.86. The highest BCUT2D eigenvalue weighted by atomic mass is 32.2. The van der Waals surface area contributed by atoms with E-state index < -0.39 is 63.1 Å². The number of carbonyl (C=O) groups excluding carboxylic acids is 2. The van der Waals surface area contributed by atoms with Gasteiger partial charge < -0.3 is 19.3 Å². The number of hydrogen-bond acceptors (Lipinski definition) is 11. The van der Waals surface area contributed by atoms with Crippen molar-refractivity contribution in [2.45, 2.75) is 46.5 Å². The molecule has 0 aromatic rings. The molecule has 0 amide bonds. The zero-order valence-corrected chi connectivity index (χ0v) is 17.3. The van der Waals surface area contributed by atoms with Crippen LogP contribution in [0.25, 0.3) is 0 Å². The van der Waals surface area contributed by atoms with E-state index in [0.29, 0.717) is 0 Å². The molecular weight excluding hydrogens is 408 g/mol. The van der Waals surface area contributed by atoms with Crippen molar-refractivity contribution in [1.29, 1.82) is 0 Å². The minimum absolute atomic E-state index is 0.0618. The SMILES string of the molecule is CCOC(=O)OC(C)OC(=O)[C@H](O)C(C)(C)COS(=O)(=O)CCC[SH](=O)=O. The summed E-state index contributed by atoms with van der Waals surface area (Å²) in [5.74, 6) is -1.97. The van der Waals surface area contributed by atoms with Crippen molar-refractivity contribution >= 4 is 32.9 Å². The Kier molecular flexibility index (Phi) is 10.8. The summed E-state index contributed by atoms with van der Waals surface area (Å²) in [5.41, 5.74) is -1.36. The lowest BCUT2D eigenvalue weighted by Gasteiger charge is -2.29. The van der Waals surface area contributed by atoms with Crippen molar-refractivity contribution in [2.75, 3.05) is 24.7 Å². The Bertz CT molecular complexity index is 659. The van der Waals surface area contributed by atoms with Gasteiger partial charge in [0.25, 0.3) is 10.1 Å². The summed E-state index contributed by atoms with van der Waals surface area (Å²) >= 11 is 0. The number of ether oxygens (including phenoxy) is 3. The largest absolute Gasteiger partial charge is 0.511 e. The highest BCUT2D eigenvalue weighted by Gasteiger charge is 2.37. The van der Waals surface area contributed by atoms with Crippen LogP contribution in [-0.4, -0.2) is 71.2 Å². The molecule has 0 aromatic heterocycles. The first-order valence-electron chi connectivity index (χ1n) is 8.01. The van der Waals surface area contributed by atoms with Crippen LogP contribution in [0.1, 0.15) is 34.1 Å². The predicted molar refractivity (Wildman–Crippen MR) is 93.0 cm³/mol. The van der Waals surface area contributed by atoms with E-state index in [9.17, 15) is 31.5 Å². The summed E-state index contributed by atoms with van der Waals surface area (Å²) < 4.78 is 62.9. The van der Waals surface area contributed by atoms with Crippen LogP contribution in [0, 0.1) is 5.41 Å². The van der Waals surface area contributed by atoms with Crippen LogP contribution < -0.4 is 0 Å². The van der Waals surface area contributed by atoms with E-state index in [0.717, 1.165) is 0 Å². The first-order valence-corrected chi connectivity index (χ1v) is 11.0. The Labute approximate surface area is 160 Å². The summed E-state index contributed by atoms with van der Waals surface area (Å²) in [6.45, 7) is 5.02. The van der Waals surface area contributed by atoms with Crippen LogP contribution in [0.4, 0.5) is 4.79 Å². The lowest BCUT2D eigenvalue weighted by molar-refractivity contribution is -0.184. The molecule has 0 radical (unpaired) electrons. The van der Waals surface area contributed by atoms with E-state index in [2.05, 4.69) is 9.47 Å². The van der Waals surface area contributed by atoms with E-state index in [1.165, 1.54) is 20.8 Å². The van der Waals surface area contributed by atoms with E-state index in [1.54, 1.807) is 6.92 Å². The topological polar surface area (TPSA) is 160 Å². The normalized spacial score (nSPS) is 14.4. The predicted octanol–water partition coefficient (Wildman–Crippen LogP) is -0.216. The zero-order valence-electron chi connectivity index (χ0n) is 15.6. The molecule has 1 unspecified atom stereocenters. The van der Waals surface area contributed by atoms with Gasteiger partial charge in [-0.3, -0.25) is 4.18 Å². The van der Waals surface area contributed by atoms with Gasteiger partial charge in [0.2, 0.25) is 6.29 Å². The van der Waals surface area contributed by atoms with Gasteiger partial charge in [0.1, 0.15) is 10.7 Å². The maximum Gasteiger partial charge on any atom is 0.511 e. The first kappa shape index (κ1) is 25.6. The molecule has 2 atom stereocenters. The van der Waals surface area contributed by atoms with Crippen LogP contribution in [0.15, 0.2) is 0 Å². The Hall–Kier alpha value is -1.44. The van der Waals surface area contributed by atoms with Gasteiger partial charge in [-0.2, -0.15) is 8.42 Å². The summed E-state index contributed by atoms with van der Waals surface area (Å²) in [6, 6.07) is 0. The van der Waals surface area contributed by atoms with Gasteiger partial charge in [0, 0.05) is 18.1 Å². The Balaban J connectivity index is 4.62. The van der Waals surface area contributed by atoms with Crippen LogP contribution in [0.2, 0.25) is 0 Å². The average Bonchev–Trinajstić information content (AvgIpc) is 2.51. The third-order valence-electron chi connectivity index (χ3n) is 3.12. The third-order valence-corrected chi connectivity index (χ3v) is 5.06. The lowest BCUT2D eigenvalue weighted by Crippen LogP contribution is -2.43. The van der Waals surface area contributed by atoms with E-state index in [4.69, 9.17) is 8.92 Å². The maximum atomic E-state index is 11.9. The third kappa shape index (κ3) is 11.1. The second kappa shape index (κ2) is 11.4. The first-order chi connectivity index (χ1) is 12.3. The van der Waals surface area contributed by atoms with Gasteiger partial charge in [0.05, 0.1) is 19.0 Å². The van der Waals surface area contributed by atoms with Crippen LogP contribution in [0.5, 0.6) is 0 Å². The minimum atomic E-state index is -4.03. The van der Waals surface area contributed by atoms with E-state index in [-0.39, 0.29) is 18.8 Å². The van der Waals surface area contributed by atoms with Crippen molar-refractivity contribution in [3.8, 4) is 0 Å². The van der Waals surface area contributed by atoms with Crippen LogP contribution >= 0.6 is 0 Å². The van der Waals surface area contributed by atoms with Gasteiger partial charge in [-0.1, -0.05) is 13.8 Å². The molecule has 0 aliphatic heterocycles. The standard InChI is InChI=1S/C14H26O11S2/c1-5-22-13(17)25-10(2)24-12(16)11(15)14(3,4)9-23-27(20,21)8-6-7-26(18)19/h10-11,15,26H,5-9H2,1-4H3/t10?,11-/m0/s1. The highest BCUT2D eigenvalue weighted by Crippen LogP contribution is 2.24. The number of esters is 1. The van der Waals surface area contributed by atoms with Crippen LogP contribution in [-0.2, 0) is 44.0 Å². The maximum absolute atomic E-state index is 11.9. The second-order valence-electron chi connectivity index (χ2n) is 6.13. The Morgan fingerprint density at radius 3 is 2.30 bits per heavy atom. The average molecular weight is 434 g/mol. The molecule has 0 aliphatic rings. The molecule has 0 aliphatic carbocycles. The molecule has 0 fully saturated rings. The fourth-order valence-electron chi connectivity index (χ4n) is 1.61. The number of aliphatic hydroxyl groups is 1. The van der Waals surface area contributed by atoms with Gasteiger partial charge in [-0.25, -0.2) is 18.0 Å². The van der Waals surface area contributed by atoms with Gasteiger partial charge in [-0.05, 0) is 13.3 Å². The van der Waals surface area contributed by atoms with E-state index >= 15 is 0 Å². The molecule has 0 aromatic carbocycles. The Morgan fingerprint density at radius 2 is 1.78 bits per heavy atom. The molecule has 1 N–H and O–H groups in total. The molecular formula is C14H26O11S2. The summed E-state index contributed by atoms with van der Waals surface area (Å²) in [6.07, 6.45) is -4.30. The quantitative estimate of drug-likeness (QED) is 0.181. The number of carbonyl (C=O) groups is 2. The Morgan fingerprint density at radius 1 is 1.19 bits per heavy atom. The minimum Gasteiger partial charge on any atom is -0.435 e. The van der Waals surface area contributed by atoms with Crippen molar-refractivity contribution in [2.24, 2.45) is 5.41 Å². The molecule has 0 saturated heterocycles. The fraction of sp³-hybridized carbons (Fsp3) is 0.857. The van der Waals surface area contributed by atoms with Crippen molar-refractivity contribution < 1.29 is 49.9 Å². The monoisotopic (exact) mass is 434 g/mol. The number of aliphatic hydroxyl groups excluding tert-OH is 1. The summed E-state index contributed by atoms with van der Waals surface area (Å²) in [5, 5.41) is 10.1. The van der Waals surface area contributed by atoms with E-state index in [1.807, 2.05) is 0 Å². The lowest BCUT2D eigenvalue weighted by atomic mass is 9.88. The number of rotatable bonds is 12. The number of hydrogen-bond donors (Lipinski definition) is 2. The molecule has 27 heavy (non-hydrogen) atoms. The molecule has 160 valence electrons. The second-order valence-corrected chi connectivity index (χ2v) is 9.00. The fourth-order valence-corrected chi connectivity index (χ4v) is 3.34. The molecule has 0 bridgehead atoms. The molecule has 11 nitrogen and oxygen atoms in total. The van der Waals surface area contributed by atoms with Gasteiger partial charge in [-0.15, -0.1) is 0 Å². The smallest absolute Gasteiger partial charge is 0.435 e. The molecule has 0 rings (SSSR count). The van der Waals surface area contributed by atoms with Crippen LogP contribution in [0.3, 0.4) is 0 Å². The molecule has 0 heterocycles. The zero-order chi connectivity index (χ0) is 21.3. The molecule has 13 heteroatoms. The van der Waals surface area contributed by atoms with Crippen molar-refractivity contribution in [3.05, 3.63) is 0 Å². The number of thiol groups is 1. The van der Waals surface area contributed by atoms with Crippen molar-refractivity contribution in [1.82, 2.24) is 0 Å². The summed E-state index contributed by atoms with van der Waals surface area (Å²) in [4.78, 5) is 23.1. The van der Waals surface area contributed by atoms with Crippen molar-refractivity contribution in [3.63, 3.8) is 0 Å².